The summed E-state index contributed by atoms with van der Waals surface area (Å²) in [6.07, 6.45) is 1.25. The Labute approximate surface area is 173 Å². The molecule has 0 radical (unpaired) electrons. The first-order valence-corrected chi connectivity index (χ1v) is 10.7. The van der Waals surface area contributed by atoms with E-state index in [1.165, 1.54) is 23.2 Å². The van der Waals surface area contributed by atoms with Crippen LogP contribution in [0.4, 0.5) is 8.78 Å². The van der Waals surface area contributed by atoms with Gasteiger partial charge in [-0.2, -0.15) is 0 Å². The van der Waals surface area contributed by atoms with E-state index in [0.29, 0.717) is 28.0 Å². The lowest BCUT2D eigenvalue weighted by Crippen LogP contribution is -2.23. The summed E-state index contributed by atoms with van der Waals surface area (Å²) >= 11 is 0. The van der Waals surface area contributed by atoms with E-state index in [4.69, 9.17) is 0 Å². The molecule has 158 valence electrons. The van der Waals surface area contributed by atoms with E-state index in [1.54, 1.807) is 39.0 Å². The molecule has 3 rings (SSSR count). The Morgan fingerprint density at radius 3 is 2.33 bits per heavy atom. The third kappa shape index (κ3) is 3.85. The average Bonchev–Trinajstić information content (AvgIpc) is 3.03. The maximum absolute atomic E-state index is 13.8. The van der Waals surface area contributed by atoms with Crippen molar-refractivity contribution < 1.29 is 22.0 Å². The molecule has 1 aromatic heterocycles. The summed E-state index contributed by atoms with van der Waals surface area (Å²) in [6, 6.07) is 8.16. The van der Waals surface area contributed by atoms with Crippen LogP contribution in [-0.2, 0) is 14.8 Å². The van der Waals surface area contributed by atoms with E-state index < -0.39 is 32.8 Å². The molecule has 0 aliphatic carbocycles. The van der Waals surface area contributed by atoms with Crippen LogP contribution < -0.4 is 5.32 Å². The SMILES string of the molecule is CNC(=O)/C=C(\c1ccc(F)c(F)c1)c1ccc2nc(C)n(S(=O)(=O)C(C)C)c2c1. The summed E-state index contributed by atoms with van der Waals surface area (Å²) in [5, 5.41) is 1.78. The Kier molecular flexibility index (Phi) is 5.76. The van der Waals surface area contributed by atoms with Crippen LogP contribution in [0.25, 0.3) is 16.6 Å². The Bertz CT molecular complexity index is 1280. The van der Waals surface area contributed by atoms with E-state index in [-0.39, 0.29) is 5.56 Å². The molecular formula is C21H21F2N3O3S. The number of benzene rings is 2. The third-order valence-corrected chi connectivity index (χ3v) is 6.85. The number of carbonyl (C=O) groups is 1. The van der Waals surface area contributed by atoms with E-state index in [9.17, 15) is 22.0 Å². The first-order valence-electron chi connectivity index (χ1n) is 9.19. The predicted octanol–water partition coefficient (Wildman–Crippen LogP) is 3.39. The summed E-state index contributed by atoms with van der Waals surface area (Å²) in [6.45, 7) is 4.74. The standard InChI is InChI=1S/C21H21F2N3O3S/c1-12(2)30(28,29)26-13(3)25-19-8-6-15(10-20(19)26)16(11-21(27)24-4)14-5-7-17(22)18(23)9-14/h5-12H,1-4H3,(H,24,27)/b16-11+. The number of nitrogens with zero attached hydrogens (tertiary/aromatic N) is 2. The highest BCUT2D eigenvalue weighted by molar-refractivity contribution is 7.90. The van der Waals surface area contributed by atoms with Crippen molar-refractivity contribution in [3.8, 4) is 0 Å². The van der Waals surface area contributed by atoms with Crippen LogP contribution in [0.15, 0.2) is 42.5 Å². The van der Waals surface area contributed by atoms with E-state index in [2.05, 4.69) is 10.3 Å². The number of halogens is 2. The van der Waals surface area contributed by atoms with E-state index >= 15 is 0 Å². The number of imidazole rings is 1. The number of hydrogen-bond donors (Lipinski definition) is 1. The van der Waals surface area contributed by atoms with Crippen molar-refractivity contribution in [1.82, 2.24) is 14.3 Å². The minimum Gasteiger partial charge on any atom is -0.356 e. The Morgan fingerprint density at radius 1 is 1.10 bits per heavy atom. The van der Waals surface area contributed by atoms with Crippen molar-refractivity contribution in [3.63, 3.8) is 0 Å². The number of aromatic nitrogens is 2. The van der Waals surface area contributed by atoms with Crippen molar-refractivity contribution in [2.45, 2.75) is 26.0 Å². The van der Waals surface area contributed by atoms with Gasteiger partial charge in [0.15, 0.2) is 11.6 Å². The summed E-state index contributed by atoms with van der Waals surface area (Å²) in [7, 11) is -2.25. The zero-order chi connectivity index (χ0) is 22.2. The van der Waals surface area contributed by atoms with Gasteiger partial charge in [0.1, 0.15) is 5.82 Å². The smallest absolute Gasteiger partial charge is 0.244 e. The molecule has 0 saturated heterocycles. The molecular weight excluding hydrogens is 412 g/mol. The summed E-state index contributed by atoms with van der Waals surface area (Å²) < 4.78 is 54.1. The largest absolute Gasteiger partial charge is 0.356 e. The molecule has 0 saturated carbocycles. The zero-order valence-corrected chi connectivity index (χ0v) is 17.7. The number of hydrogen-bond acceptors (Lipinski definition) is 4. The van der Waals surface area contributed by atoms with E-state index in [1.807, 2.05) is 0 Å². The second kappa shape index (κ2) is 7.98. The van der Waals surface area contributed by atoms with Crippen LogP contribution in [0.5, 0.6) is 0 Å². The normalized spacial score (nSPS) is 12.6. The zero-order valence-electron chi connectivity index (χ0n) is 16.9. The fourth-order valence-electron chi connectivity index (χ4n) is 3.07. The number of carbonyl (C=O) groups excluding carboxylic acids is 1. The number of amides is 1. The van der Waals surface area contributed by atoms with Gasteiger partial charge in [0, 0.05) is 13.1 Å². The van der Waals surface area contributed by atoms with Crippen molar-refractivity contribution in [2.24, 2.45) is 0 Å². The van der Waals surface area contributed by atoms with Gasteiger partial charge in [0.25, 0.3) is 0 Å². The van der Waals surface area contributed by atoms with Crippen molar-refractivity contribution in [2.75, 3.05) is 7.05 Å². The molecule has 1 N–H and O–H groups in total. The molecule has 2 aromatic carbocycles. The number of aryl methyl sites for hydroxylation is 1. The summed E-state index contributed by atoms with van der Waals surface area (Å²) in [5.74, 6) is -2.21. The summed E-state index contributed by atoms with van der Waals surface area (Å²) in [5.41, 5.74) is 1.83. The Balaban J connectivity index is 2.29. The number of nitrogens with one attached hydrogen (secondary N) is 1. The molecule has 0 fully saturated rings. The Hall–Kier alpha value is -3.07. The predicted molar refractivity (Wildman–Crippen MR) is 111 cm³/mol. The van der Waals surface area contributed by atoms with E-state index in [0.717, 1.165) is 12.1 Å². The molecule has 0 aliphatic heterocycles. The van der Waals surface area contributed by atoms with Crippen LogP contribution in [0.2, 0.25) is 0 Å². The first-order chi connectivity index (χ1) is 14.1. The lowest BCUT2D eigenvalue weighted by Gasteiger charge is -2.13. The highest BCUT2D eigenvalue weighted by Gasteiger charge is 2.24. The monoisotopic (exact) mass is 433 g/mol. The number of rotatable bonds is 5. The van der Waals surface area contributed by atoms with Gasteiger partial charge in [-0.05, 0) is 61.7 Å². The van der Waals surface area contributed by atoms with Crippen molar-refractivity contribution >= 4 is 32.5 Å². The van der Waals surface area contributed by atoms with Crippen molar-refractivity contribution in [3.05, 3.63) is 71.1 Å². The average molecular weight is 433 g/mol. The Morgan fingerprint density at radius 2 is 1.73 bits per heavy atom. The molecule has 6 nitrogen and oxygen atoms in total. The fraction of sp³-hybridized carbons (Fsp3) is 0.238. The maximum Gasteiger partial charge on any atom is 0.244 e. The van der Waals surface area contributed by atoms with Gasteiger partial charge in [-0.3, -0.25) is 4.79 Å². The molecule has 0 unspecified atom stereocenters. The minimum atomic E-state index is -3.69. The van der Waals surface area contributed by atoms with Gasteiger partial charge in [0.2, 0.25) is 15.9 Å². The number of likely N-dealkylation sites (N-methyl/N-ethyl adjacent to an activating group) is 1. The lowest BCUT2D eigenvalue weighted by molar-refractivity contribution is -0.116. The molecule has 3 aromatic rings. The minimum absolute atomic E-state index is 0.270. The molecule has 30 heavy (non-hydrogen) atoms. The van der Waals surface area contributed by atoms with Gasteiger partial charge in [-0.15, -0.1) is 0 Å². The van der Waals surface area contributed by atoms with Crippen LogP contribution in [0.3, 0.4) is 0 Å². The molecule has 0 aliphatic rings. The second-order valence-electron chi connectivity index (χ2n) is 7.02. The highest BCUT2D eigenvalue weighted by atomic mass is 32.2. The first kappa shape index (κ1) is 21.6. The third-order valence-electron chi connectivity index (χ3n) is 4.68. The molecule has 0 spiro atoms. The van der Waals surface area contributed by atoms with Crippen LogP contribution in [0.1, 0.15) is 30.8 Å². The molecule has 9 heteroatoms. The maximum atomic E-state index is 13.8. The van der Waals surface area contributed by atoms with Gasteiger partial charge in [-0.1, -0.05) is 12.1 Å². The van der Waals surface area contributed by atoms with Gasteiger partial charge in [0.05, 0.1) is 16.3 Å². The lowest BCUT2D eigenvalue weighted by atomic mass is 9.96. The molecule has 1 amide bonds. The topological polar surface area (TPSA) is 81.1 Å². The van der Waals surface area contributed by atoms with Gasteiger partial charge >= 0.3 is 0 Å². The van der Waals surface area contributed by atoms with Gasteiger partial charge < -0.3 is 5.32 Å². The van der Waals surface area contributed by atoms with Crippen LogP contribution in [0, 0.1) is 18.6 Å². The summed E-state index contributed by atoms with van der Waals surface area (Å²) in [4.78, 5) is 16.3. The van der Waals surface area contributed by atoms with Crippen LogP contribution >= 0.6 is 0 Å². The van der Waals surface area contributed by atoms with Crippen molar-refractivity contribution in [1.29, 1.82) is 0 Å². The van der Waals surface area contributed by atoms with Gasteiger partial charge in [-0.25, -0.2) is 26.2 Å². The van der Waals surface area contributed by atoms with Crippen LogP contribution in [-0.4, -0.2) is 35.6 Å². The highest BCUT2D eigenvalue weighted by Crippen LogP contribution is 2.29. The molecule has 0 bridgehead atoms. The quantitative estimate of drug-likeness (QED) is 0.626. The number of fused-ring (bicyclic) bond motifs is 1. The fourth-order valence-corrected chi connectivity index (χ4v) is 4.33. The molecule has 1 heterocycles. The molecule has 0 atom stereocenters. The second-order valence-corrected chi connectivity index (χ2v) is 9.36.